The van der Waals surface area contributed by atoms with Crippen molar-refractivity contribution >= 4 is 11.6 Å². The third-order valence-corrected chi connectivity index (χ3v) is 4.76. The van der Waals surface area contributed by atoms with Gasteiger partial charge in [0.15, 0.2) is 0 Å². The second-order valence-corrected chi connectivity index (χ2v) is 6.83. The third kappa shape index (κ3) is 3.27. The van der Waals surface area contributed by atoms with E-state index in [9.17, 15) is 0 Å². The molecule has 0 amide bonds. The second kappa shape index (κ2) is 5.63. The van der Waals surface area contributed by atoms with E-state index in [0.29, 0.717) is 11.3 Å². The van der Waals surface area contributed by atoms with Gasteiger partial charge in [0.05, 0.1) is 0 Å². The molecule has 1 aromatic carbocycles. The normalized spacial score (nSPS) is 21.8. The van der Waals surface area contributed by atoms with Gasteiger partial charge < -0.3 is 5.73 Å². The lowest BCUT2D eigenvalue weighted by molar-refractivity contribution is 0.173. The van der Waals surface area contributed by atoms with E-state index < -0.39 is 0 Å². The van der Waals surface area contributed by atoms with Crippen LogP contribution in [-0.2, 0) is 0 Å². The number of rotatable bonds is 3. The molecular formula is C16H24ClN. The number of halogens is 1. The molecule has 0 aromatic heterocycles. The van der Waals surface area contributed by atoms with Gasteiger partial charge >= 0.3 is 0 Å². The summed E-state index contributed by atoms with van der Waals surface area (Å²) in [4.78, 5) is 0. The molecule has 100 valence electrons. The van der Waals surface area contributed by atoms with E-state index in [0.717, 1.165) is 17.5 Å². The maximum Gasteiger partial charge on any atom is 0.0406 e. The van der Waals surface area contributed by atoms with Crippen LogP contribution in [0.3, 0.4) is 0 Å². The Hall–Kier alpha value is -0.530. The monoisotopic (exact) mass is 265 g/mol. The summed E-state index contributed by atoms with van der Waals surface area (Å²) in [6.45, 7) is 5.50. The van der Waals surface area contributed by atoms with Crippen LogP contribution in [-0.4, -0.2) is 6.54 Å². The first-order valence-corrected chi connectivity index (χ1v) is 7.35. The van der Waals surface area contributed by atoms with E-state index in [-0.39, 0.29) is 0 Å². The number of benzene rings is 1. The molecule has 0 radical (unpaired) electrons. The molecule has 1 atom stereocenters. The maximum atomic E-state index is 6.01. The van der Waals surface area contributed by atoms with Crippen LogP contribution in [0.15, 0.2) is 24.3 Å². The number of hydrogen-bond donors (Lipinski definition) is 1. The van der Waals surface area contributed by atoms with Crippen molar-refractivity contribution in [3.05, 3.63) is 34.9 Å². The molecule has 2 rings (SSSR count). The Morgan fingerprint density at radius 1 is 1.22 bits per heavy atom. The maximum absolute atomic E-state index is 6.01. The zero-order chi connectivity index (χ0) is 13.2. The summed E-state index contributed by atoms with van der Waals surface area (Å²) < 4.78 is 0. The van der Waals surface area contributed by atoms with Crippen LogP contribution < -0.4 is 5.73 Å². The number of nitrogens with two attached hydrogens (primary N) is 1. The molecular weight excluding hydrogens is 242 g/mol. The summed E-state index contributed by atoms with van der Waals surface area (Å²) in [5, 5.41) is 0.805. The van der Waals surface area contributed by atoms with Gasteiger partial charge in [-0.2, -0.15) is 0 Å². The van der Waals surface area contributed by atoms with Crippen molar-refractivity contribution in [2.24, 2.45) is 17.1 Å². The first-order chi connectivity index (χ1) is 8.52. The fourth-order valence-corrected chi connectivity index (χ4v) is 3.26. The highest BCUT2D eigenvalue weighted by molar-refractivity contribution is 6.30. The van der Waals surface area contributed by atoms with Crippen LogP contribution in [0.1, 0.15) is 51.0 Å². The first kappa shape index (κ1) is 13.9. The van der Waals surface area contributed by atoms with E-state index in [1.807, 2.05) is 12.1 Å². The summed E-state index contributed by atoms with van der Waals surface area (Å²) in [5.41, 5.74) is 7.89. The lowest BCUT2D eigenvalue weighted by Gasteiger charge is -2.38. The van der Waals surface area contributed by atoms with Crippen LogP contribution >= 0.6 is 11.6 Å². The lowest BCUT2D eigenvalue weighted by Crippen LogP contribution is -2.28. The van der Waals surface area contributed by atoms with Gasteiger partial charge in [0.1, 0.15) is 0 Å². The molecule has 0 spiro atoms. The Morgan fingerprint density at radius 2 is 1.78 bits per heavy atom. The van der Waals surface area contributed by atoms with E-state index in [1.165, 1.54) is 31.2 Å². The van der Waals surface area contributed by atoms with Gasteiger partial charge in [-0.15, -0.1) is 0 Å². The van der Waals surface area contributed by atoms with E-state index in [2.05, 4.69) is 26.0 Å². The van der Waals surface area contributed by atoms with E-state index in [1.54, 1.807) is 0 Å². The van der Waals surface area contributed by atoms with E-state index >= 15 is 0 Å². The molecule has 1 fully saturated rings. The molecule has 0 saturated heterocycles. The SMILES string of the molecule is CC1(C)CCC(C(CN)c2ccc(Cl)cc2)CC1. The van der Waals surface area contributed by atoms with Gasteiger partial charge in [-0.3, -0.25) is 0 Å². The summed E-state index contributed by atoms with van der Waals surface area (Å²) in [6.07, 6.45) is 5.25. The van der Waals surface area contributed by atoms with Crippen molar-refractivity contribution in [1.82, 2.24) is 0 Å². The first-order valence-electron chi connectivity index (χ1n) is 6.97. The van der Waals surface area contributed by atoms with Crippen molar-refractivity contribution in [3.63, 3.8) is 0 Å². The Balaban J connectivity index is 2.08. The standard InChI is InChI=1S/C16H24ClN/c1-16(2)9-7-13(8-10-16)15(11-18)12-3-5-14(17)6-4-12/h3-6,13,15H,7-11,18H2,1-2H3. The zero-order valence-electron chi connectivity index (χ0n) is 11.5. The highest BCUT2D eigenvalue weighted by Crippen LogP contribution is 2.43. The van der Waals surface area contributed by atoms with Crippen molar-refractivity contribution in [2.45, 2.75) is 45.4 Å². The van der Waals surface area contributed by atoms with Crippen LogP contribution in [0, 0.1) is 11.3 Å². The molecule has 18 heavy (non-hydrogen) atoms. The zero-order valence-corrected chi connectivity index (χ0v) is 12.2. The van der Waals surface area contributed by atoms with Gasteiger partial charge in [-0.05, 0) is 67.2 Å². The number of hydrogen-bond acceptors (Lipinski definition) is 1. The quantitative estimate of drug-likeness (QED) is 0.849. The largest absolute Gasteiger partial charge is 0.330 e. The van der Waals surface area contributed by atoms with Gasteiger partial charge in [-0.25, -0.2) is 0 Å². The molecule has 0 bridgehead atoms. The molecule has 1 aromatic rings. The van der Waals surface area contributed by atoms with Gasteiger partial charge in [-0.1, -0.05) is 37.6 Å². The summed E-state index contributed by atoms with van der Waals surface area (Å²) in [7, 11) is 0. The minimum Gasteiger partial charge on any atom is -0.330 e. The summed E-state index contributed by atoms with van der Waals surface area (Å²) in [5.74, 6) is 1.24. The molecule has 1 saturated carbocycles. The molecule has 1 aliphatic rings. The molecule has 2 N–H and O–H groups in total. The predicted octanol–water partition coefficient (Wildman–Crippen LogP) is 4.60. The van der Waals surface area contributed by atoms with Crippen molar-refractivity contribution in [3.8, 4) is 0 Å². The minimum atomic E-state index is 0.498. The molecule has 1 aliphatic carbocycles. The molecule has 0 heterocycles. The van der Waals surface area contributed by atoms with Crippen molar-refractivity contribution in [2.75, 3.05) is 6.54 Å². The predicted molar refractivity (Wildman–Crippen MR) is 79.0 cm³/mol. The second-order valence-electron chi connectivity index (χ2n) is 6.40. The molecule has 1 unspecified atom stereocenters. The molecule has 0 aliphatic heterocycles. The smallest absolute Gasteiger partial charge is 0.0406 e. The average molecular weight is 266 g/mol. The fraction of sp³-hybridized carbons (Fsp3) is 0.625. The fourth-order valence-electron chi connectivity index (χ4n) is 3.13. The Kier molecular flexibility index (Phi) is 4.34. The molecule has 2 heteroatoms. The van der Waals surface area contributed by atoms with Gasteiger partial charge in [0.25, 0.3) is 0 Å². The third-order valence-electron chi connectivity index (χ3n) is 4.50. The van der Waals surface area contributed by atoms with Crippen molar-refractivity contribution < 1.29 is 0 Å². The Labute approximate surface area is 116 Å². The highest BCUT2D eigenvalue weighted by Gasteiger charge is 2.31. The van der Waals surface area contributed by atoms with Gasteiger partial charge in [0, 0.05) is 5.02 Å². The van der Waals surface area contributed by atoms with Crippen LogP contribution in [0.4, 0.5) is 0 Å². The summed E-state index contributed by atoms with van der Waals surface area (Å²) in [6, 6.07) is 8.23. The Bertz CT molecular complexity index is 373. The topological polar surface area (TPSA) is 26.0 Å². The van der Waals surface area contributed by atoms with Gasteiger partial charge in [0.2, 0.25) is 0 Å². The summed E-state index contributed by atoms with van der Waals surface area (Å²) >= 11 is 5.95. The lowest BCUT2D eigenvalue weighted by atomic mass is 9.68. The van der Waals surface area contributed by atoms with Crippen LogP contribution in [0.2, 0.25) is 5.02 Å². The van der Waals surface area contributed by atoms with Crippen LogP contribution in [0.25, 0.3) is 0 Å². The van der Waals surface area contributed by atoms with Crippen LogP contribution in [0.5, 0.6) is 0 Å². The Morgan fingerprint density at radius 3 is 2.28 bits per heavy atom. The van der Waals surface area contributed by atoms with Crippen molar-refractivity contribution in [1.29, 1.82) is 0 Å². The highest BCUT2D eigenvalue weighted by atomic mass is 35.5. The average Bonchev–Trinajstić information content (AvgIpc) is 2.34. The van der Waals surface area contributed by atoms with E-state index in [4.69, 9.17) is 17.3 Å². The minimum absolute atomic E-state index is 0.498. The molecule has 1 nitrogen and oxygen atoms in total.